The van der Waals surface area contributed by atoms with Crippen LogP contribution in [0.5, 0.6) is 0 Å². The van der Waals surface area contributed by atoms with Crippen molar-refractivity contribution in [2.75, 3.05) is 17.2 Å². The van der Waals surface area contributed by atoms with Gasteiger partial charge in [-0.2, -0.15) is 8.78 Å². The summed E-state index contributed by atoms with van der Waals surface area (Å²) in [5, 5.41) is 14.5. The quantitative estimate of drug-likeness (QED) is 0.409. The second kappa shape index (κ2) is 10.7. The van der Waals surface area contributed by atoms with E-state index in [9.17, 15) is 13.6 Å². The molecule has 0 aliphatic heterocycles. The Labute approximate surface area is 163 Å². The van der Waals surface area contributed by atoms with Crippen LogP contribution < -0.4 is 10.6 Å². The average molecular weight is 419 g/mol. The number of thioether (sulfide) groups is 2. The minimum Gasteiger partial charge on any atom is -0.360 e. The Morgan fingerprint density at radius 2 is 1.96 bits per heavy atom. The summed E-state index contributed by atoms with van der Waals surface area (Å²) in [4.78, 5) is 12.7. The number of carbonyl (C=O) groups is 1. The second-order valence-corrected chi connectivity index (χ2v) is 8.93. The first-order chi connectivity index (χ1) is 12.5. The lowest BCUT2D eigenvalue weighted by molar-refractivity contribution is -0.115. The van der Waals surface area contributed by atoms with E-state index in [0.717, 1.165) is 28.9 Å². The third-order valence-electron chi connectivity index (χ3n) is 3.21. The van der Waals surface area contributed by atoms with Crippen LogP contribution in [0.1, 0.15) is 26.7 Å². The van der Waals surface area contributed by atoms with Crippen LogP contribution in [-0.2, 0) is 4.79 Å². The number of amides is 1. The van der Waals surface area contributed by atoms with Gasteiger partial charge in [-0.05, 0) is 37.6 Å². The summed E-state index contributed by atoms with van der Waals surface area (Å²) in [7, 11) is 0. The van der Waals surface area contributed by atoms with Crippen molar-refractivity contribution in [3.63, 3.8) is 0 Å². The van der Waals surface area contributed by atoms with Crippen molar-refractivity contribution in [2.45, 2.75) is 46.9 Å². The molecule has 10 heteroatoms. The molecule has 0 saturated heterocycles. The Morgan fingerprint density at radius 1 is 1.23 bits per heavy atom. The maximum Gasteiger partial charge on any atom is 0.288 e. The van der Waals surface area contributed by atoms with Crippen molar-refractivity contribution in [3.05, 3.63) is 24.3 Å². The number of unbranched alkanes of at least 4 members (excludes halogenated alkanes) is 1. The molecule has 0 unspecified atom stereocenters. The number of alkyl halides is 2. The summed E-state index contributed by atoms with van der Waals surface area (Å²) in [6.07, 6.45) is 2.17. The Bertz CT molecular complexity index is 697. The lowest BCUT2D eigenvalue weighted by Crippen LogP contribution is -2.22. The Kier molecular flexibility index (Phi) is 8.60. The number of nitrogens with one attached hydrogen (secondary N) is 2. The van der Waals surface area contributed by atoms with E-state index in [1.165, 1.54) is 23.1 Å². The highest BCUT2D eigenvalue weighted by Gasteiger charge is 2.17. The molecule has 0 aliphatic carbocycles. The summed E-state index contributed by atoms with van der Waals surface area (Å²) in [6, 6.07) is 6.34. The lowest BCUT2D eigenvalue weighted by atomic mass is 10.3. The van der Waals surface area contributed by atoms with Crippen molar-refractivity contribution in [1.82, 2.24) is 10.2 Å². The molecule has 26 heavy (non-hydrogen) atoms. The molecule has 1 aromatic carbocycles. The van der Waals surface area contributed by atoms with Gasteiger partial charge in [0.15, 0.2) is 4.34 Å². The molecule has 2 aromatic rings. The van der Waals surface area contributed by atoms with E-state index in [-0.39, 0.29) is 11.2 Å². The molecular weight excluding hydrogens is 398 g/mol. The van der Waals surface area contributed by atoms with Crippen LogP contribution in [0.4, 0.5) is 19.6 Å². The van der Waals surface area contributed by atoms with Crippen LogP contribution in [0.2, 0.25) is 0 Å². The van der Waals surface area contributed by atoms with Crippen LogP contribution in [0, 0.1) is 0 Å². The number of rotatable bonds is 10. The van der Waals surface area contributed by atoms with Crippen molar-refractivity contribution >= 4 is 51.6 Å². The summed E-state index contributed by atoms with van der Waals surface area (Å²) >= 11 is 3.22. The standard InChI is InChI=1S/C16H20F2N4OS3/c1-3-4-9-19-15-21-22-16(26-15)24-10(2)13(23)20-11-5-7-12(8-6-11)25-14(17)18/h5-8,10,14H,3-4,9H2,1-2H3,(H,19,21)(H,20,23)/t10-/m0/s1. The molecule has 2 N–H and O–H groups in total. The van der Waals surface area contributed by atoms with Gasteiger partial charge in [0.05, 0.1) is 5.25 Å². The third kappa shape index (κ3) is 7.08. The fourth-order valence-corrected chi connectivity index (χ4v) is 4.29. The van der Waals surface area contributed by atoms with E-state index in [1.54, 1.807) is 31.2 Å². The van der Waals surface area contributed by atoms with E-state index < -0.39 is 5.76 Å². The minimum atomic E-state index is -2.46. The smallest absolute Gasteiger partial charge is 0.288 e. The highest BCUT2D eigenvalue weighted by molar-refractivity contribution is 8.02. The van der Waals surface area contributed by atoms with Gasteiger partial charge in [-0.15, -0.1) is 10.2 Å². The second-order valence-electron chi connectivity index (χ2n) is 5.31. The van der Waals surface area contributed by atoms with Crippen LogP contribution in [-0.4, -0.2) is 33.7 Å². The maximum absolute atomic E-state index is 12.3. The number of hydrogen-bond acceptors (Lipinski definition) is 7. The predicted octanol–water partition coefficient (Wildman–Crippen LogP) is 5.18. The first-order valence-corrected chi connectivity index (χ1v) is 10.6. The minimum absolute atomic E-state index is 0.181. The van der Waals surface area contributed by atoms with Crippen molar-refractivity contribution < 1.29 is 13.6 Å². The summed E-state index contributed by atoms with van der Waals surface area (Å²) < 4.78 is 25.3. The number of aromatic nitrogens is 2. The fraction of sp³-hybridized carbons (Fsp3) is 0.438. The van der Waals surface area contributed by atoms with Gasteiger partial charge in [-0.1, -0.05) is 48.2 Å². The maximum atomic E-state index is 12.3. The normalized spacial score (nSPS) is 12.2. The number of hydrogen-bond donors (Lipinski definition) is 2. The fourth-order valence-electron chi connectivity index (χ4n) is 1.87. The van der Waals surface area contributed by atoms with E-state index in [1.807, 2.05) is 0 Å². The highest BCUT2D eigenvalue weighted by Crippen LogP contribution is 2.30. The van der Waals surface area contributed by atoms with Gasteiger partial charge < -0.3 is 10.6 Å². The number of anilines is 2. The first-order valence-electron chi connectivity index (χ1n) is 8.07. The van der Waals surface area contributed by atoms with E-state index in [4.69, 9.17) is 0 Å². The van der Waals surface area contributed by atoms with Crippen molar-refractivity contribution in [1.29, 1.82) is 0 Å². The average Bonchev–Trinajstić information content (AvgIpc) is 3.03. The highest BCUT2D eigenvalue weighted by atomic mass is 32.2. The monoisotopic (exact) mass is 418 g/mol. The van der Waals surface area contributed by atoms with E-state index in [2.05, 4.69) is 27.8 Å². The molecule has 1 amide bonds. The largest absolute Gasteiger partial charge is 0.360 e. The van der Waals surface area contributed by atoms with Gasteiger partial charge >= 0.3 is 0 Å². The number of carbonyl (C=O) groups excluding carboxylic acids is 1. The van der Waals surface area contributed by atoms with Gasteiger partial charge in [-0.3, -0.25) is 4.79 Å². The zero-order chi connectivity index (χ0) is 18.9. The van der Waals surface area contributed by atoms with Crippen LogP contribution in [0.15, 0.2) is 33.5 Å². The zero-order valence-corrected chi connectivity index (χ0v) is 16.8. The Balaban J connectivity index is 1.83. The van der Waals surface area contributed by atoms with Crippen LogP contribution in [0.3, 0.4) is 0 Å². The van der Waals surface area contributed by atoms with Crippen LogP contribution in [0.25, 0.3) is 0 Å². The van der Waals surface area contributed by atoms with Crippen molar-refractivity contribution in [2.24, 2.45) is 0 Å². The van der Waals surface area contributed by atoms with Gasteiger partial charge in [0.2, 0.25) is 11.0 Å². The lowest BCUT2D eigenvalue weighted by Gasteiger charge is -2.10. The molecule has 2 rings (SSSR count). The van der Waals surface area contributed by atoms with Gasteiger partial charge in [-0.25, -0.2) is 0 Å². The summed E-state index contributed by atoms with van der Waals surface area (Å²) in [6.45, 7) is 4.76. The van der Waals surface area contributed by atoms with E-state index in [0.29, 0.717) is 22.3 Å². The SMILES string of the molecule is CCCCNc1nnc(S[C@@H](C)C(=O)Nc2ccc(SC(F)F)cc2)s1. The zero-order valence-electron chi connectivity index (χ0n) is 14.4. The molecule has 1 aromatic heterocycles. The number of nitrogens with zero attached hydrogens (tertiary/aromatic N) is 2. The molecular formula is C16H20F2N4OS3. The molecule has 0 aliphatic rings. The molecule has 1 heterocycles. The Morgan fingerprint density at radius 3 is 2.62 bits per heavy atom. The predicted molar refractivity (Wildman–Crippen MR) is 106 cm³/mol. The molecule has 0 saturated carbocycles. The van der Waals surface area contributed by atoms with Gasteiger partial charge in [0.1, 0.15) is 0 Å². The summed E-state index contributed by atoms with van der Waals surface area (Å²) in [5.41, 5.74) is 0.570. The van der Waals surface area contributed by atoms with Gasteiger partial charge in [0, 0.05) is 17.1 Å². The first kappa shape index (κ1) is 20.9. The Hall–Kier alpha value is -1.39. The van der Waals surface area contributed by atoms with Crippen LogP contribution >= 0.6 is 34.9 Å². The molecule has 0 bridgehead atoms. The van der Waals surface area contributed by atoms with Crippen molar-refractivity contribution in [3.8, 4) is 0 Å². The molecule has 1 atom stereocenters. The number of benzene rings is 1. The topological polar surface area (TPSA) is 66.9 Å². The molecule has 0 spiro atoms. The van der Waals surface area contributed by atoms with Gasteiger partial charge in [0.25, 0.3) is 5.76 Å². The third-order valence-corrected chi connectivity index (χ3v) is 5.99. The summed E-state index contributed by atoms with van der Waals surface area (Å²) in [5.74, 6) is -2.64. The molecule has 142 valence electrons. The van der Waals surface area contributed by atoms with E-state index >= 15 is 0 Å². The molecule has 5 nitrogen and oxygen atoms in total. The molecule has 0 radical (unpaired) electrons. The number of halogens is 2. The molecule has 0 fully saturated rings.